The molecule has 2 saturated heterocycles. The molecule has 0 bridgehead atoms. The summed E-state index contributed by atoms with van der Waals surface area (Å²) in [5.74, 6) is 0.512. The molecule has 4 rings (SSSR count). The molecular formula is C24H28N2O4. The summed E-state index contributed by atoms with van der Waals surface area (Å²) >= 11 is 0. The topological polar surface area (TPSA) is 78.9 Å². The van der Waals surface area contributed by atoms with Gasteiger partial charge in [-0.1, -0.05) is 48.5 Å². The Bertz CT molecular complexity index is 901. The molecule has 6 heteroatoms. The van der Waals surface area contributed by atoms with E-state index in [0.717, 1.165) is 17.5 Å². The number of benzene rings is 2. The van der Waals surface area contributed by atoms with Gasteiger partial charge in [0.25, 0.3) is 0 Å². The smallest absolute Gasteiger partial charge is 0.230 e. The molecule has 0 unspecified atom stereocenters. The highest BCUT2D eigenvalue weighted by molar-refractivity contribution is 5.86. The Kier molecular flexibility index (Phi) is 6.04. The lowest BCUT2D eigenvalue weighted by Crippen LogP contribution is -2.62. The van der Waals surface area contributed by atoms with Crippen LogP contribution in [0.3, 0.4) is 0 Å². The van der Waals surface area contributed by atoms with Gasteiger partial charge in [0.2, 0.25) is 11.8 Å². The lowest BCUT2D eigenvalue weighted by atomic mass is 9.71. The van der Waals surface area contributed by atoms with Crippen molar-refractivity contribution < 1.29 is 19.4 Å². The number of aliphatic hydroxyl groups excluding tert-OH is 1. The summed E-state index contributed by atoms with van der Waals surface area (Å²) in [6, 6.07) is 17.5. The summed E-state index contributed by atoms with van der Waals surface area (Å²) in [5, 5.41) is 13.4. The first-order chi connectivity index (χ1) is 14.6. The molecule has 158 valence electrons. The van der Waals surface area contributed by atoms with E-state index >= 15 is 0 Å². The largest absolute Gasteiger partial charge is 0.489 e. The molecule has 1 spiro atoms. The predicted molar refractivity (Wildman–Crippen MR) is 113 cm³/mol. The molecule has 30 heavy (non-hydrogen) atoms. The van der Waals surface area contributed by atoms with E-state index in [9.17, 15) is 14.7 Å². The lowest BCUT2D eigenvalue weighted by Gasteiger charge is -2.46. The van der Waals surface area contributed by atoms with Crippen LogP contribution in [0.2, 0.25) is 0 Å². The van der Waals surface area contributed by atoms with Crippen LogP contribution in [-0.2, 0) is 22.6 Å². The molecule has 0 aliphatic carbocycles. The van der Waals surface area contributed by atoms with Crippen molar-refractivity contribution in [1.29, 1.82) is 0 Å². The van der Waals surface area contributed by atoms with Gasteiger partial charge in [-0.2, -0.15) is 0 Å². The zero-order valence-corrected chi connectivity index (χ0v) is 17.0. The minimum absolute atomic E-state index is 0.0459. The van der Waals surface area contributed by atoms with Gasteiger partial charge in [0.1, 0.15) is 12.4 Å². The van der Waals surface area contributed by atoms with Crippen molar-refractivity contribution in [3.63, 3.8) is 0 Å². The molecular weight excluding hydrogens is 380 g/mol. The van der Waals surface area contributed by atoms with Crippen LogP contribution < -0.4 is 10.1 Å². The third-order valence-electron chi connectivity index (χ3n) is 6.22. The number of likely N-dealkylation sites (tertiary alicyclic amines) is 1. The minimum Gasteiger partial charge on any atom is -0.489 e. The molecule has 2 amide bonds. The van der Waals surface area contributed by atoms with Crippen LogP contribution in [0.5, 0.6) is 5.75 Å². The van der Waals surface area contributed by atoms with Gasteiger partial charge in [0, 0.05) is 25.2 Å². The van der Waals surface area contributed by atoms with Crippen LogP contribution in [0, 0.1) is 5.41 Å². The Balaban J connectivity index is 1.44. The number of nitrogens with one attached hydrogen (secondary N) is 1. The quantitative estimate of drug-likeness (QED) is 0.796. The van der Waals surface area contributed by atoms with E-state index in [1.165, 1.54) is 0 Å². The second-order valence-corrected chi connectivity index (χ2v) is 8.19. The summed E-state index contributed by atoms with van der Waals surface area (Å²) in [4.78, 5) is 27.4. The van der Waals surface area contributed by atoms with E-state index in [-0.39, 0.29) is 24.8 Å². The number of piperidine rings is 2. The van der Waals surface area contributed by atoms with E-state index in [1.807, 2.05) is 54.6 Å². The number of ether oxygens (including phenoxy) is 1. The Morgan fingerprint density at radius 3 is 2.73 bits per heavy atom. The highest BCUT2D eigenvalue weighted by atomic mass is 16.5. The van der Waals surface area contributed by atoms with Crippen LogP contribution in [0.15, 0.2) is 54.6 Å². The zero-order valence-electron chi connectivity index (χ0n) is 17.0. The molecule has 2 fully saturated rings. The maximum atomic E-state index is 13.1. The lowest BCUT2D eigenvalue weighted by molar-refractivity contribution is -0.154. The number of hydrogen-bond acceptors (Lipinski definition) is 4. The predicted octanol–water partition coefficient (Wildman–Crippen LogP) is 2.30. The van der Waals surface area contributed by atoms with Crippen molar-refractivity contribution >= 4 is 11.8 Å². The van der Waals surface area contributed by atoms with E-state index in [4.69, 9.17) is 4.74 Å². The minimum atomic E-state index is -0.879. The number of amides is 2. The average molecular weight is 408 g/mol. The molecule has 2 aliphatic rings. The number of nitrogens with zero attached hydrogens (tertiary/aromatic N) is 1. The highest BCUT2D eigenvalue weighted by Crippen LogP contribution is 2.37. The number of aliphatic hydroxyl groups is 1. The van der Waals surface area contributed by atoms with Crippen LogP contribution in [0.4, 0.5) is 0 Å². The van der Waals surface area contributed by atoms with Crippen LogP contribution in [0.25, 0.3) is 0 Å². The average Bonchev–Trinajstić information content (AvgIpc) is 2.77. The Labute approximate surface area is 176 Å². The van der Waals surface area contributed by atoms with Gasteiger partial charge >= 0.3 is 0 Å². The van der Waals surface area contributed by atoms with Crippen molar-refractivity contribution in [2.75, 3.05) is 19.6 Å². The molecule has 2 N–H and O–H groups in total. The molecule has 2 heterocycles. The third-order valence-corrected chi connectivity index (χ3v) is 6.22. The molecule has 2 aromatic carbocycles. The van der Waals surface area contributed by atoms with Gasteiger partial charge in [-0.25, -0.2) is 0 Å². The number of carbonyl (C=O) groups excluding carboxylic acids is 2. The van der Waals surface area contributed by atoms with Crippen LogP contribution in [0.1, 0.15) is 30.4 Å². The number of para-hydroxylation sites is 1. The van der Waals surface area contributed by atoms with E-state index < -0.39 is 11.5 Å². The summed E-state index contributed by atoms with van der Waals surface area (Å²) in [6.07, 6.45) is 1.36. The van der Waals surface area contributed by atoms with Gasteiger partial charge in [-0.15, -0.1) is 0 Å². The SMILES string of the molecule is O=C(Cc1ccccc1OCc1ccccc1)N1CC[C@H](O)[C@@]2(CCCNC2=O)C1. The van der Waals surface area contributed by atoms with E-state index in [1.54, 1.807) is 4.90 Å². The van der Waals surface area contributed by atoms with Crippen molar-refractivity contribution in [3.8, 4) is 5.75 Å². The summed E-state index contributed by atoms with van der Waals surface area (Å²) in [7, 11) is 0. The monoisotopic (exact) mass is 408 g/mol. The number of carbonyl (C=O) groups is 2. The van der Waals surface area contributed by atoms with Gasteiger partial charge in [0.15, 0.2) is 0 Å². The highest BCUT2D eigenvalue weighted by Gasteiger charge is 2.50. The first kappa shape index (κ1) is 20.4. The molecule has 0 radical (unpaired) electrons. The van der Waals surface area contributed by atoms with Gasteiger partial charge in [0.05, 0.1) is 17.9 Å². The normalized spacial score (nSPS) is 23.8. The molecule has 0 saturated carbocycles. The molecule has 0 aromatic heterocycles. The van der Waals surface area contributed by atoms with Crippen molar-refractivity contribution in [2.45, 2.75) is 38.4 Å². The van der Waals surface area contributed by atoms with Crippen molar-refractivity contribution in [2.24, 2.45) is 5.41 Å². The fourth-order valence-corrected chi connectivity index (χ4v) is 4.46. The number of rotatable bonds is 5. The molecule has 6 nitrogen and oxygen atoms in total. The Morgan fingerprint density at radius 2 is 1.93 bits per heavy atom. The Hall–Kier alpha value is -2.86. The van der Waals surface area contributed by atoms with Crippen molar-refractivity contribution in [1.82, 2.24) is 10.2 Å². The maximum absolute atomic E-state index is 13.1. The summed E-state index contributed by atoms with van der Waals surface area (Å²) < 4.78 is 5.98. The number of hydrogen-bond donors (Lipinski definition) is 2. The van der Waals surface area contributed by atoms with E-state index in [2.05, 4.69) is 5.32 Å². The fraction of sp³-hybridized carbons (Fsp3) is 0.417. The molecule has 2 aromatic rings. The second kappa shape index (κ2) is 8.88. The first-order valence-electron chi connectivity index (χ1n) is 10.6. The maximum Gasteiger partial charge on any atom is 0.230 e. The fourth-order valence-electron chi connectivity index (χ4n) is 4.46. The first-order valence-corrected chi connectivity index (χ1v) is 10.6. The van der Waals surface area contributed by atoms with Crippen LogP contribution in [-0.4, -0.2) is 47.6 Å². The molecule has 2 atom stereocenters. The zero-order chi connectivity index (χ0) is 21.0. The van der Waals surface area contributed by atoms with Crippen molar-refractivity contribution in [3.05, 3.63) is 65.7 Å². The third kappa shape index (κ3) is 4.19. The van der Waals surface area contributed by atoms with Crippen LogP contribution >= 0.6 is 0 Å². The van der Waals surface area contributed by atoms with Gasteiger partial charge in [-0.05, 0) is 30.9 Å². The summed E-state index contributed by atoms with van der Waals surface area (Å²) in [5.41, 5.74) is 1.01. The van der Waals surface area contributed by atoms with Gasteiger partial charge < -0.3 is 20.1 Å². The Morgan fingerprint density at radius 1 is 1.17 bits per heavy atom. The van der Waals surface area contributed by atoms with E-state index in [0.29, 0.717) is 38.3 Å². The van der Waals surface area contributed by atoms with Gasteiger partial charge in [-0.3, -0.25) is 9.59 Å². The standard InChI is InChI=1S/C24H28N2O4/c27-21-11-14-26(17-24(21)12-6-13-25-23(24)29)22(28)15-19-9-4-5-10-20(19)30-16-18-7-2-1-3-8-18/h1-5,7-10,21,27H,6,11-17H2,(H,25,29)/t21-,24+/m0/s1. The second-order valence-electron chi connectivity index (χ2n) is 8.19. The molecule has 2 aliphatic heterocycles. The summed E-state index contributed by atoms with van der Waals surface area (Å²) in [6.45, 7) is 1.80.